The summed E-state index contributed by atoms with van der Waals surface area (Å²) < 4.78 is 12.8. The molecular weight excluding hydrogens is 461 g/mol. The van der Waals surface area contributed by atoms with Crippen LogP contribution in [0.25, 0.3) is 0 Å². The molecule has 154 valence electrons. The van der Waals surface area contributed by atoms with E-state index in [2.05, 4.69) is 33.4 Å². The van der Waals surface area contributed by atoms with Gasteiger partial charge in [-0.1, -0.05) is 49.1 Å². The van der Waals surface area contributed by atoms with Crippen LogP contribution in [0.3, 0.4) is 0 Å². The van der Waals surface area contributed by atoms with E-state index in [0.717, 1.165) is 28.1 Å². The fourth-order valence-corrected chi connectivity index (χ4v) is 4.25. The quantitative estimate of drug-likeness (QED) is 0.618. The van der Waals surface area contributed by atoms with Crippen molar-refractivity contribution in [3.63, 3.8) is 0 Å². The summed E-state index contributed by atoms with van der Waals surface area (Å²) in [6.45, 7) is 3.82. The molecule has 1 fully saturated rings. The first-order chi connectivity index (χ1) is 13.2. The van der Waals surface area contributed by atoms with Crippen molar-refractivity contribution in [1.82, 2.24) is 5.32 Å². The largest absolute Gasteiger partial charge is 1.00 e. The van der Waals surface area contributed by atoms with Gasteiger partial charge in [-0.25, -0.2) is 0 Å². The second kappa shape index (κ2) is 11.9. The number of ether oxygens (including phenoxy) is 2. The van der Waals surface area contributed by atoms with Crippen molar-refractivity contribution in [3.8, 4) is 11.5 Å². The molecule has 1 aliphatic carbocycles. The standard InChI is InChI=1S/C22H27BrClNO2.ClH/c1-2-26-21-13-16(14-25-18-9-4-3-5-10-18)12-19(23)22(21)27-15-17-8-6-7-11-20(17)24;/h6-8,11-13,18,25H,2-5,9-10,14-15H2,1H3;1H/p-1. The summed E-state index contributed by atoms with van der Waals surface area (Å²) in [5.74, 6) is 1.48. The highest BCUT2D eigenvalue weighted by Gasteiger charge is 2.16. The Balaban J connectivity index is 0.00000280. The van der Waals surface area contributed by atoms with E-state index < -0.39 is 0 Å². The molecule has 0 aliphatic heterocycles. The molecule has 1 saturated carbocycles. The molecule has 6 heteroatoms. The zero-order valence-corrected chi connectivity index (χ0v) is 19.2. The Morgan fingerprint density at radius 3 is 2.57 bits per heavy atom. The summed E-state index contributed by atoms with van der Waals surface area (Å²) in [7, 11) is 0. The molecule has 0 bridgehead atoms. The molecule has 3 rings (SSSR count). The van der Waals surface area contributed by atoms with Gasteiger partial charge in [0.05, 0.1) is 11.1 Å². The molecule has 0 saturated heterocycles. The van der Waals surface area contributed by atoms with Crippen LogP contribution in [0, 0.1) is 0 Å². The number of hydrogen-bond acceptors (Lipinski definition) is 3. The lowest BCUT2D eigenvalue weighted by molar-refractivity contribution is -0.00000618. The van der Waals surface area contributed by atoms with Crippen molar-refractivity contribution < 1.29 is 21.9 Å². The maximum absolute atomic E-state index is 6.24. The van der Waals surface area contributed by atoms with Gasteiger partial charge in [0.2, 0.25) is 0 Å². The summed E-state index contributed by atoms with van der Waals surface area (Å²) in [6.07, 6.45) is 6.59. The molecule has 28 heavy (non-hydrogen) atoms. The maximum Gasteiger partial charge on any atom is 0.175 e. The van der Waals surface area contributed by atoms with Crippen molar-refractivity contribution in [3.05, 3.63) is 57.0 Å². The summed E-state index contributed by atoms with van der Waals surface area (Å²) in [5, 5.41) is 4.39. The number of benzene rings is 2. The van der Waals surface area contributed by atoms with E-state index in [4.69, 9.17) is 21.1 Å². The zero-order chi connectivity index (χ0) is 19.1. The Morgan fingerprint density at radius 2 is 1.86 bits per heavy atom. The molecule has 2 aromatic carbocycles. The molecule has 3 nitrogen and oxygen atoms in total. The second-order valence-corrected chi connectivity index (χ2v) is 8.20. The van der Waals surface area contributed by atoms with Crippen molar-refractivity contribution in [2.24, 2.45) is 0 Å². The second-order valence-electron chi connectivity index (χ2n) is 6.93. The first-order valence-electron chi connectivity index (χ1n) is 9.72. The van der Waals surface area contributed by atoms with Gasteiger partial charge in [-0.05, 0) is 59.5 Å². The molecule has 0 unspecified atom stereocenters. The summed E-state index contributed by atoms with van der Waals surface area (Å²) in [4.78, 5) is 0. The average Bonchev–Trinajstić information content (AvgIpc) is 2.68. The first kappa shape index (κ1) is 23.3. The molecule has 0 aromatic heterocycles. The van der Waals surface area contributed by atoms with Gasteiger partial charge in [0, 0.05) is 23.2 Å². The predicted octanol–water partition coefficient (Wildman–Crippen LogP) is 3.51. The van der Waals surface area contributed by atoms with Crippen LogP contribution in [0.2, 0.25) is 5.02 Å². The third kappa shape index (κ3) is 6.55. The molecular formula is C22H27BrCl2NO2-. The molecule has 0 radical (unpaired) electrons. The average molecular weight is 488 g/mol. The number of nitrogens with one attached hydrogen (secondary N) is 1. The predicted molar refractivity (Wildman–Crippen MR) is 115 cm³/mol. The Bertz CT molecular complexity index is 751. The number of hydrogen-bond donors (Lipinski definition) is 1. The van der Waals surface area contributed by atoms with E-state index in [1.807, 2.05) is 31.2 Å². The van der Waals surface area contributed by atoms with Crippen LogP contribution >= 0.6 is 27.5 Å². The number of rotatable bonds is 8. The highest BCUT2D eigenvalue weighted by molar-refractivity contribution is 9.10. The van der Waals surface area contributed by atoms with Crippen LogP contribution in [-0.4, -0.2) is 12.6 Å². The fourth-order valence-electron chi connectivity index (χ4n) is 3.46. The van der Waals surface area contributed by atoms with Crippen LogP contribution in [0.5, 0.6) is 11.5 Å². The normalized spacial score (nSPS) is 14.4. The summed E-state index contributed by atoms with van der Waals surface area (Å²) in [6, 6.07) is 12.5. The third-order valence-electron chi connectivity index (χ3n) is 4.90. The van der Waals surface area contributed by atoms with Crippen LogP contribution in [0.1, 0.15) is 50.2 Å². The van der Waals surface area contributed by atoms with E-state index in [0.29, 0.717) is 24.3 Å². The minimum absolute atomic E-state index is 0. The van der Waals surface area contributed by atoms with Gasteiger partial charge < -0.3 is 27.2 Å². The van der Waals surface area contributed by atoms with Gasteiger partial charge in [-0.2, -0.15) is 0 Å². The van der Waals surface area contributed by atoms with Crippen LogP contribution in [0.15, 0.2) is 40.9 Å². The van der Waals surface area contributed by atoms with Crippen molar-refractivity contribution in [1.29, 1.82) is 0 Å². The smallest absolute Gasteiger partial charge is 0.175 e. The first-order valence-corrected chi connectivity index (χ1v) is 10.9. The molecule has 1 aliphatic rings. The van der Waals surface area contributed by atoms with E-state index in [1.165, 1.54) is 37.7 Å². The number of halogens is 3. The highest BCUT2D eigenvalue weighted by atomic mass is 79.9. The van der Waals surface area contributed by atoms with E-state index >= 15 is 0 Å². The van der Waals surface area contributed by atoms with Gasteiger partial charge >= 0.3 is 0 Å². The molecule has 0 atom stereocenters. The summed E-state index contributed by atoms with van der Waals surface area (Å²) >= 11 is 9.90. The molecule has 0 spiro atoms. The van der Waals surface area contributed by atoms with Gasteiger partial charge in [-0.15, -0.1) is 0 Å². The van der Waals surface area contributed by atoms with Gasteiger partial charge in [0.15, 0.2) is 11.5 Å². The van der Waals surface area contributed by atoms with Crippen LogP contribution < -0.4 is 27.2 Å². The topological polar surface area (TPSA) is 30.5 Å². The monoisotopic (exact) mass is 486 g/mol. The lowest BCUT2D eigenvalue weighted by Gasteiger charge is -2.23. The Hall–Kier alpha value is -0.940. The van der Waals surface area contributed by atoms with Crippen LogP contribution in [0.4, 0.5) is 0 Å². The minimum atomic E-state index is 0. The Kier molecular flexibility index (Phi) is 9.93. The molecule has 2 aromatic rings. The highest BCUT2D eigenvalue weighted by Crippen LogP contribution is 2.38. The maximum atomic E-state index is 6.24. The Labute approximate surface area is 187 Å². The molecule has 0 amide bonds. The van der Waals surface area contributed by atoms with Crippen molar-refractivity contribution >= 4 is 27.5 Å². The summed E-state index contributed by atoms with van der Waals surface area (Å²) in [5.41, 5.74) is 2.15. The van der Waals surface area contributed by atoms with Gasteiger partial charge in [-0.3, -0.25) is 0 Å². The van der Waals surface area contributed by atoms with Gasteiger partial charge in [0.1, 0.15) is 6.61 Å². The van der Waals surface area contributed by atoms with Crippen molar-refractivity contribution in [2.45, 2.75) is 58.2 Å². The van der Waals surface area contributed by atoms with Crippen LogP contribution in [-0.2, 0) is 13.2 Å². The SMILES string of the molecule is CCOc1cc(CNC2CCCCC2)cc(Br)c1OCc1ccccc1Cl.[Cl-]. The van der Waals surface area contributed by atoms with Crippen molar-refractivity contribution in [2.75, 3.05) is 6.61 Å². The Morgan fingerprint density at radius 1 is 1.11 bits per heavy atom. The van der Waals surface area contributed by atoms with E-state index in [1.54, 1.807) is 0 Å². The zero-order valence-electron chi connectivity index (χ0n) is 16.1. The third-order valence-corrected chi connectivity index (χ3v) is 5.86. The minimum Gasteiger partial charge on any atom is -1.00 e. The lowest BCUT2D eigenvalue weighted by Crippen LogP contribution is -3.00. The van der Waals surface area contributed by atoms with E-state index in [9.17, 15) is 0 Å². The van der Waals surface area contributed by atoms with E-state index in [-0.39, 0.29) is 12.4 Å². The van der Waals surface area contributed by atoms with Gasteiger partial charge in [0.25, 0.3) is 0 Å². The fraction of sp³-hybridized carbons (Fsp3) is 0.455. The molecule has 0 heterocycles. The lowest BCUT2D eigenvalue weighted by atomic mass is 9.95. The molecule has 1 N–H and O–H groups in total.